The van der Waals surface area contributed by atoms with Crippen LogP contribution in [-0.2, 0) is 18.3 Å². The average Bonchev–Trinajstić information content (AvgIpc) is 3.07. The lowest BCUT2D eigenvalue weighted by Crippen LogP contribution is -2.50. The number of rotatable bonds is 5. The summed E-state index contributed by atoms with van der Waals surface area (Å²) in [5.74, 6) is 1.53. The quantitative estimate of drug-likeness (QED) is 0.605. The molecule has 3 heterocycles. The number of hydrogen-bond acceptors (Lipinski definition) is 6. The summed E-state index contributed by atoms with van der Waals surface area (Å²) in [6.07, 6.45) is 0.361. The van der Waals surface area contributed by atoms with Crippen molar-refractivity contribution in [1.82, 2.24) is 24.2 Å². The summed E-state index contributed by atoms with van der Waals surface area (Å²) in [7, 11) is 3.40. The fourth-order valence-electron chi connectivity index (χ4n) is 4.25. The average molecular weight is 439 g/mol. The van der Waals surface area contributed by atoms with E-state index in [-0.39, 0.29) is 17.5 Å². The molecule has 1 saturated heterocycles. The molecule has 3 aromatic rings. The highest BCUT2D eigenvalue weighted by Gasteiger charge is 2.27. The van der Waals surface area contributed by atoms with Crippen LogP contribution >= 0.6 is 0 Å². The fourth-order valence-corrected chi connectivity index (χ4v) is 4.25. The maximum atomic E-state index is 13.3. The van der Waals surface area contributed by atoms with Crippen LogP contribution in [0.3, 0.4) is 0 Å². The predicted octanol–water partition coefficient (Wildman–Crippen LogP) is 1.92. The first kappa shape index (κ1) is 21.9. The largest absolute Gasteiger partial charge is 0.497 e. The van der Waals surface area contributed by atoms with E-state index in [1.54, 1.807) is 23.4 Å². The second kappa shape index (κ2) is 8.64. The van der Waals surface area contributed by atoms with Gasteiger partial charge in [-0.3, -0.25) is 18.8 Å². The van der Waals surface area contributed by atoms with Crippen LogP contribution in [0.25, 0.3) is 11.0 Å². The number of hydrogen-bond donors (Lipinski definition) is 0. The standard InChI is InChI=1S/C23H30N6O3/c1-15(2)29-22(31)21-20(16(3)25-26(21)4)24-23(29)28-12-10-27(11-13-28)19(30)14-17-6-8-18(32-5)9-7-17/h6-9,15H,10-14H2,1-5H3. The number of ether oxygens (including phenoxy) is 1. The highest BCUT2D eigenvalue weighted by Crippen LogP contribution is 2.22. The van der Waals surface area contributed by atoms with Gasteiger partial charge < -0.3 is 14.5 Å². The Kier molecular flexibility index (Phi) is 5.90. The lowest BCUT2D eigenvalue weighted by Gasteiger charge is -2.36. The summed E-state index contributed by atoms with van der Waals surface area (Å²) in [4.78, 5) is 34.9. The minimum Gasteiger partial charge on any atom is -0.497 e. The molecule has 9 nitrogen and oxygen atoms in total. The van der Waals surface area contributed by atoms with Gasteiger partial charge in [0, 0.05) is 39.3 Å². The molecular weight excluding hydrogens is 408 g/mol. The molecule has 1 fully saturated rings. The number of fused-ring (bicyclic) bond motifs is 1. The summed E-state index contributed by atoms with van der Waals surface area (Å²) in [6.45, 7) is 8.26. The zero-order valence-electron chi connectivity index (χ0n) is 19.3. The molecule has 0 bridgehead atoms. The van der Waals surface area contributed by atoms with E-state index < -0.39 is 0 Å². The van der Waals surface area contributed by atoms with Gasteiger partial charge in [-0.25, -0.2) is 4.98 Å². The molecule has 4 rings (SSSR count). The van der Waals surface area contributed by atoms with Crippen molar-refractivity contribution >= 4 is 22.9 Å². The summed E-state index contributed by atoms with van der Waals surface area (Å²) in [5, 5.41) is 4.39. The maximum absolute atomic E-state index is 13.3. The zero-order valence-corrected chi connectivity index (χ0v) is 19.3. The number of nitrogens with zero attached hydrogens (tertiary/aromatic N) is 6. The van der Waals surface area contributed by atoms with Gasteiger partial charge in [0.1, 0.15) is 11.3 Å². The molecule has 2 aromatic heterocycles. The third-order valence-electron chi connectivity index (χ3n) is 5.99. The highest BCUT2D eigenvalue weighted by atomic mass is 16.5. The van der Waals surface area contributed by atoms with Crippen LogP contribution in [-0.4, -0.2) is 63.4 Å². The van der Waals surface area contributed by atoms with Crippen LogP contribution in [0.1, 0.15) is 31.1 Å². The van der Waals surface area contributed by atoms with E-state index in [9.17, 15) is 9.59 Å². The Morgan fingerprint density at radius 2 is 1.78 bits per heavy atom. The van der Waals surface area contributed by atoms with Gasteiger partial charge in [0.25, 0.3) is 5.56 Å². The third kappa shape index (κ3) is 3.94. The number of amides is 1. The number of methoxy groups -OCH3 is 1. The number of benzene rings is 1. The van der Waals surface area contributed by atoms with Gasteiger partial charge in [0.05, 0.1) is 19.2 Å². The predicted molar refractivity (Wildman–Crippen MR) is 123 cm³/mol. The topological polar surface area (TPSA) is 85.5 Å². The molecule has 0 saturated carbocycles. The molecule has 9 heteroatoms. The van der Waals surface area contributed by atoms with Crippen LogP contribution in [0.15, 0.2) is 29.1 Å². The molecule has 170 valence electrons. The third-order valence-corrected chi connectivity index (χ3v) is 5.99. The summed E-state index contributed by atoms with van der Waals surface area (Å²) in [6, 6.07) is 7.54. The minimum absolute atomic E-state index is 0.0423. The Hall–Kier alpha value is -3.36. The van der Waals surface area contributed by atoms with Crippen molar-refractivity contribution in [3.63, 3.8) is 0 Å². The first-order valence-electron chi connectivity index (χ1n) is 10.9. The highest BCUT2D eigenvalue weighted by molar-refractivity contribution is 5.79. The molecule has 1 aliphatic rings. The molecule has 1 aromatic carbocycles. The Bertz CT molecular complexity index is 1190. The lowest BCUT2D eigenvalue weighted by molar-refractivity contribution is -0.130. The number of aryl methyl sites for hydroxylation is 2. The summed E-state index contributed by atoms with van der Waals surface area (Å²) < 4.78 is 8.52. The molecule has 32 heavy (non-hydrogen) atoms. The molecule has 0 spiro atoms. The van der Waals surface area contributed by atoms with Gasteiger partial charge in [0.15, 0.2) is 5.52 Å². The van der Waals surface area contributed by atoms with Crippen molar-refractivity contribution in [3.8, 4) is 5.75 Å². The van der Waals surface area contributed by atoms with E-state index in [2.05, 4.69) is 10.00 Å². The Morgan fingerprint density at radius 3 is 2.38 bits per heavy atom. The van der Waals surface area contributed by atoms with Gasteiger partial charge in [-0.15, -0.1) is 0 Å². The van der Waals surface area contributed by atoms with Crippen molar-refractivity contribution in [2.75, 3.05) is 38.2 Å². The van der Waals surface area contributed by atoms with Crippen LogP contribution in [0.4, 0.5) is 5.95 Å². The maximum Gasteiger partial charge on any atom is 0.281 e. The smallest absolute Gasteiger partial charge is 0.281 e. The van der Waals surface area contributed by atoms with E-state index in [0.717, 1.165) is 17.0 Å². The number of aromatic nitrogens is 4. The molecule has 1 aliphatic heterocycles. The van der Waals surface area contributed by atoms with E-state index >= 15 is 0 Å². The monoisotopic (exact) mass is 438 g/mol. The normalized spacial score (nSPS) is 14.4. The van der Waals surface area contributed by atoms with Crippen molar-refractivity contribution in [3.05, 3.63) is 45.9 Å². The molecule has 0 aliphatic carbocycles. The number of carbonyl (C=O) groups is 1. The van der Waals surface area contributed by atoms with Crippen LogP contribution in [0.2, 0.25) is 0 Å². The van der Waals surface area contributed by atoms with Gasteiger partial charge in [-0.1, -0.05) is 12.1 Å². The van der Waals surface area contributed by atoms with Crippen molar-refractivity contribution in [2.45, 2.75) is 33.2 Å². The SMILES string of the molecule is COc1ccc(CC(=O)N2CCN(c3nc4c(C)nn(C)c4c(=O)n3C(C)C)CC2)cc1. The first-order valence-corrected chi connectivity index (χ1v) is 10.9. The lowest BCUT2D eigenvalue weighted by atomic mass is 10.1. The molecule has 0 unspecified atom stereocenters. The fraction of sp³-hybridized carbons (Fsp3) is 0.478. The first-order chi connectivity index (χ1) is 15.3. The van der Waals surface area contributed by atoms with E-state index in [1.807, 2.05) is 49.9 Å². The molecule has 0 N–H and O–H groups in total. The number of piperazine rings is 1. The van der Waals surface area contributed by atoms with Gasteiger partial charge in [-0.2, -0.15) is 5.10 Å². The van der Waals surface area contributed by atoms with Crippen molar-refractivity contribution < 1.29 is 9.53 Å². The molecular formula is C23H30N6O3. The summed E-state index contributed by atoms with van der Waals surface area (Å²) >= 11 is 0. The number of anilines is 1. The van der Waals surface area contributed by atoms with Crippen molar-refractivity contribution in [2.24, 2.45) is 7.05 Å². The van der Waals surface area contributed by atoms with Crippen LogP contribution in [0, 0.1) is 6.92 Å². The van der Waals surface area contributed by atoms with E-state index in [0.29, 0.717) is 49.6 Å². The van der Waals surface area contributed by atoms with Gasteiger partial charge in [0.2, 0.25) is 11.9 Å². The number of carbonyl (C=O) groups excluding carboxylic acids is 1. The Balaban J connectivity index is 1.52. The minimum atomic E-state index is -0.0823. The van der Waals surface area contributed by atoms with E-state index in [4.69, 9.17) is 9.72 Å². The van der Waals surface area contributed by atoms with Gasteiger partial charge in [-0.05, 0) is 38.5 Å². The Morgan fingerprint density at radius 1 is 1.12 bits per heavy atom. The van der Waals surface area contributed by atoms with Crippen molar-refractivity contribution in [1.29, 1.82) is 0 Å². The zero-order chi connectivity index (χ0) is 23.0. The van der Waals surface area contributed by atoms with Crippen LogP contribution in [0.5, 0.6) is 5.75 Å². The second-order valence-electron chi connectivity index (χ2n) is 8.48. The van der Waals surface area contributed by atoms with Crippen LogP contribution < -0.4 is 15.2 Å². The second-order valence-corrected chi connectivity index (χ2v) is 8.48. The molecule has 0 radical (unpaired) electrons. The summed E-state index contributed by atoms with van der Waals surface area (Å²) in [5.41, 5.74) is 2.79. The van der Waals surface area contributed by atoms with E-state index in [1.165, 1.54) is 0 Å². The molecule has 1 amide bonds. The Labute approximate surface area is 187 Å². The van der Waals surface area contributed by atoms with Gasteiger partial charge >= 0.3 is 0 Å². The molecule has 0 atom stereocenters.